The Bertz CT molecular complexity index is 870. The first-order valence-electron chi connectivity index (χ1n) is 9.99. The van der Waals surface area contributed by atoms with Gasteiger partial charge in [-0.2, -0.15) is 0 Å². The molecule has 1 aliphatic rings. The molecule has 1 aliphatic heterocycles. The number of amides is 4. The molecule has 2 rings (SSSR count). The number of hydrogen-bond acceptors (Lipinski definition) is 5. The van der Waals surface area contributed by atoms with Crippen molar-refractivity contribution in [2.75, 3.05) is 0 Å². The summed E-state index contributed by atoms with van der Waals surface area (Å²) in [6.45, 7) is 9.96. The maximum Gasteiger partial charge on any atom is 0.249 e. The molecule has 1 aromatic rings. The Kier molecular flexibility index (Phi) is 7.48. The molecular formula is C22H30N4O4. The van der Waals surface area contributed by atoms with Gasteiger partial charge >= 0.3 is 0 Å². The number of aliphatic imine (C=N–C) groups is 1. The molecule has 162 valence electrons. The van der Waals surface area contributed by atoms with Gasteiger partial charge in [0.2, 0.25) is 24.1 Å². The Balaban J connectivity index is 2.16. The first-order valence-corrected chi connectivity index (χ1v) is 9.99. The van der Waals surface area contributed by atoms with Crippen LogP contribution in [-0.4, -0.2) is 40.9 Å². The fraction of sp³-hybridized carbons (Fsp3) is 0.500. The van der Waals surface area contributed by atoms with E-state index in [1.54, 1.807) is 6.92 Å². The monoisotopic (exact) mass is 414 g/mol. The molecule has 0 radical (unpaired) electrons. The van der Waals surface area contributed by atoms with E-state index in [9.17, 15) is 19.2 Å². The lowest BCUT2D eigenvalue weighted by Crippen LogP contribution is -2.53. The summed E-state index contributed by atoms with van der Waals surface area (Å²) in [6.07, 6.45) is 1.43. The highest BCUT2D eigenvalue weighted by Crippen LogP contribution is 2.24. The summed E-state index contributed by atoms with van der Waals surface area (Å²) in [5.74, 6) is -0.498. The van der Waals surface area contributed by atoms with Crippen molar-refractivity contribution in [3.8, 4) is 0 Å². The minimum absolute atomic E-state index is 0.0167. The minimum Gasteiger partial charge on any atom is -0.352 e. The maximum absolute atomic E-state index is 12.1. The number of hydrogen-bond donors (Lipinski definition) is 2. The molecule has 0 aromatic heterocycles. The molecule has 1 atom stereocenters. The second-order valence-corrected chi connectivity index (χ2v) is 8.71. The summed E-state index contributed by atoms with van der Waals surface area (Å²) in [4.78, 5) is 53.0. The van der Waals surface area contributed by atoms with Crippen molar-refractivity contribution >= 4 is 35.7 Å². The maximum atomic E-state index is 12.1. The van der Waals surface area contributed by atoms with Crippen molar-refractivity contribution in [3.63, 3.8) is 0 Å². The van der Waals surface area contributed by atoms with E-state index < -0.39 is 11.9 Å². The van der Waals surface area contributed by atoms with Crippen LogP contribution in [0.3, 0.4) is 0 Å². The average molecular weight is 415 g/mol. The predicted molar refractivity (Wildman–Crippen MR) is 114 cm³/mol. The van der Waals surface area contributed by atoms with Gasteiger partial charge < -0.3 is 5.32 Å². The van der Waals surface area contributed by atoms with Crippen molar-refractivity contribution in [3.05, 3.63) is 29.3 Å². The molecule has 1 fully saturated rings. The van der Waals surface area contributed by atoms with Gasteiger partial charge in [0, 0.05) is 19.4 Å². The lowest BCUT2D eigenvalue weighted by atomic mass is 9.92. The fourth-order valence-electron chi connectivity index (χ4n) is 3.28. The van der Waals surface area contributed by atoms with Crippen LogP contribution in [0.25, 0.3) is 0 Å². The van der Waals surface area contributed by atoms with Crippen molar-refractivity contribution in [1.29, 1.82) is 0 Å². The third-order valence-electron chi connectivity index (χ3n) is 4.90. The van der Waals surface area contributed by atoms with Crippen LogP contribution >= 0.6 is 0 Å². The molecule has 0 bridgehead atoms. The Hall–Kier alpha value is -3.03. The van der Waals surface area contributed by atoms with E-state index in [1.807, 2.05) is 45.9 Å². The number of benzene rings is 1. The SMILES string of the molecule is C/C(=N/c1cccc(CNC(=O)CC(C)(C)C)c1C)N(C=O)C1CCC(=O)NC1=O. The zero-order chi connectivity index (χ0) is 22.5. The van der Waals surface area contributed by atoms with Gasteiger partial charge in [-0.15, -0.1) is 0 Å². The third-order valence-corrected chi connectivity index (χ3v) is 4.90. The number of nitrogens with one attached hydrogen (secondary N) is 2. The molecule has 1 aromatic carbocycles. The van der Waals surface area contributed by atoms with E-state index in [1.165, 1.54) is 4.90 Å². The first kappa shape index (κ1) is 23.3. The smallest absolute Gasteiger partial charge is 0.249 e. The van der Waals surface area contributed by atoms with Crippen LogP contribution in [0.15, 0.2) is 23.2 Å². The number of amidine groups is 1. The van der Waals surface area contributed by atoms with Gasteiger partial charge in [-0.25, -0.2) is 4.99 Å². The summed E-state index contributed by atoms with van der Waals surface area (Å²) in [5.41, 5.74) is 2.36. The molecule has 1 unspecified atom stereocenters. The van der Waals surface area contributed by atoms with Crippen LogP contribution in [0.2, 0.25) is 0 Å². The number of carbonyl (C=O) groups is 4. The second kappa shape index (κ2) is 9.65. The van der Waals surface area contributed by atoms with Gasteiger partial charge in [0.15, 0.2) is 0 Å². The molecule has 0 aliphatic carbocycles. The van der Waals surface area contributed by atoms with Crippen molar-refractivity contribution < 1.29 is 19.2 Å². The Morgan fingerprint density at radius 3 is 2.63 bits per heavy atom. The van der Waals surface area contributed by atoms with E-state index >= 15 is 0 Å². The van der Waals surface area contributed by atoms with Crippen molar-refractivity contribution in [2.45, 2.75) is 66.5 Å². The lowest BCUT2D eigenvalue weighted by molar-refractivity contribution is -0.138. The molecule has 8 nitrogen and oxygen atoms in total. The number of piperidine rings is 1. The van der Waals surface area contributed by atoms with E-state index in [0.29, 0.717) is 30.9 Å². The largest absolute Gasteiger partial charge is 0.352 e. The van der Waals surface area contributed by atoms with Gasteiger partial charge in [-0.1, -0.05) is 32.9 Å². The highest BCUT2D eigenvalue weighted by Gasteiger charge is 2.32. The van der Waals surface area contributed by atoms with E-state index in [-0.39, 0.29) is 30.1 Å². The summed E-state index contributed by atoms with van der Waals surface area (Å²) >= 11 is 0. The normalized spacial score (nSPS) is 17.4. The molecular weight excluding hydrogens is 384 g/mol. The van der Waals surface area contributed by atoms with Crippen molar-refractivity contribution in [1.82, 2.24) is 15.5 Å². The Morgan fingerprint density at radius 2 is 2.03 bits per heavy atom. The van der Waals surface area contributed by atoms with Gasteiger partial charge in [-0.05, 0) is 42.9 Å². The van der Waals surface area contributed by atoms with Gasteiger partial charge in [0.25, 0.3) is 0 Å². The third kappa shape index (κ3) is 6.23. The van der Waals surface area contributed by atoms with Gasteiger partial charge in [0.1, 0.15) is 11.9 Å². The quantitative estimate of drug-likeness (QED) is 0.322. The van der Waals surface area contributed by atoms with Crippen LogP contribution < -0.4 is 10.6 Å². The number of nitrogens with zero attached hydrogens (tertiary/aromatic N) is 2. The van der Waals surface area contributed by atoms with E-state index in [0.717, 1.165) is 11.1 Å². The summed E-state index contributed by atoms with van der Waals surface area (Å²) in [6, 6.07) is 4.80. The average Bonchev–Trinajstić information content (AvgIpc) is 2.63. The summed E-state index contributed by atoms with van der Waals surface area (Å²) in [7, 11) is 0. The lowest BCUT2D eigenvalue weighted by Gasteiger charge is -2.29. The van der Waals surface area contributed by atoms with E-state index in [4.69, 9.17) is 0 Å². The Labute approximate surface area is 177 Å². The fourth-order valence-corrected chi connectivity index (χ4v) is 3.28. The molecule has 30 heavy (non-hydrogen) atoms. The number of rotatable bonds is 6. The van der Waals surface area contributed by atoms with Crippen LogP contribution in [0.4, 0.5) is 5.69 Å². The van der Waals surface area contributed by atoms with Crippen LogP contribution in [0.5, 0.6) is 0 Å². The zero-order valence-electron chi connectivity index (χ0n) is 18.2. The van der Waals surface area contributed by atoms with Gasteiger partial charge in [-0.3, -0.25) is 29.4 Å². The second-order valence-electron chi connectivity index (χ2n) is 8.71. The summed E-state index contributed by atoms with van der Waals surface area (Å²) in [5, 5.41) is 5.19. The molecule has 0 saturated carbocycles. The minimum atomic E-state index is -0.760. The molecule has 8 heteroatoms. The van der Waals surface area contributed by atoms with Crippen LogP contribution in [0, 0.1) is 12.3 Å². The molecule has 1 heterocycles. The highest BCUT2D eigenvalue weighted by atomic mass is 16.2. The molecule has 4 amide bonds. The molecule has 1 saturated heterocycles. The summed E-state index contributed by atoms with van der Waals surface area (Å²) < 4.78 is 0. The molecule has 0 spiro atoms. The molecule has 2 N–H and O–H groups in total. The van der Waals surface area contributed by atoms with Crippen LogP contribution in [0.1, 0.15) is 58.1 Å². The van der Waals surface area contributed by atoms with E-state index in [2.05, 4.69) is 15.6 Å². The number of imide groups is 1. The van der Waals surface area contributed by atoms with Gasteiger partial charge in [0.05, 0.1) is 5.69 Å². The highest BCUT2D eigenvalue weighted by molar-refractivity contribution is 6.04. The first-order chi connectivity index (χ1) is 14.0. The Morgan fingerprint density at radius 1 is 1.33 bits per heavy atom. The standard InChI is InChI=1S/C22H30N4O4/c1-14-16(12-23-20(29)11-22(3,4)5)7-6-8-17(14)24-15(2)26(13-27)18-9-10-19(28)25-21(18)30/h6-8,13,18H,9-12H2,1-5H3,(H,23,29)(H,25,28,30)/b24-15-. The van der Waals surface area contributed by atoms with Crippen molar-refractivity contribution in [2.24, 2.45) is 10.4 Å². The zero-order valence-corrected chi connectivity index (χ0v) is 18.2. The topological polar surface area (TPSA) is 108 Å². The predicted octanol–water partition coefficient (Wildman–Crippen LogP) is 2.36. The number of carbonyl (C=O) groups excluding carboxylic acids is 4. The van der Waals surface area contributed by atoms with Crippen LogP contribution in [-0.2, 0) is 25.7 Å².